The molecule has 0 spiro atoms. The molecule has 0 unspecified atom stereocenters. The Morgan fingerprint density at radius 2 is 1.83 bits per heavy atom. The number of fused-ring (bicyclic) bond motifs is 1. The molecule has 1 saturated heterocycles. The number of hydrogen-bond donors (Lipinski definition) is 1. The Labute approximate surface area is 108 Å². The van der Waals surface area contributed by atoms with E-state index < -0.39 is 0 Å². The molecule has 0 aromatic heterocycles. The lowest BCUT2D eigenvalue weighted by Gasteiger charge is -2.37. The van der Waals surface area contributed by atoms with Gasteiger partial charge >= 0.3 is 0 Å². The van der Waals surface area contributed by atoms with Crippen LogP contribution in [0.15, 0.2) is 18.2 Å². The molecule has 1 aromatic carbocycles. The average molecular weight is 247 g/mol. The first kappa shape index (κ1) is 11.8. The van der Waals surface area contributed by atoms with Crippen LogP contribution in [-0.2, 0) is 5.41 Å². The molecule has 3 heteroatoms. The summed E-state index contributed by atoms with van der Waals surface area (Å²) in [6.07, 6.45) is 2.50. The molecule has 0 radical (unpaired) electrons. The number of hydrogen-bond acceptors (Lipinski definition) is 3. The van der Waals surface area contributed by atoms with E-state index in [9.17, 15) is 0 Å². The molecule has 1 aromatic rings. The smallest absolute Gasteiger partial charge is 0.231 e. The van der Waals surface area contributed by atoms with E-state index in [-0.39, 0.29) is 5.41 Å². The number of rotatable bonds is 2. The molecule has 2 aliphatic rings. The lowest BCUT2D eigenvalue weighted by Crippen LogP contribution is -2.38. The van der Waals surface area contributed by atoms with Gasteiger partial charge in [0, 0.05) is 0 Å². The SMILES string of the molecule is CC(C)(c1ccc2c(c1)OCO2)C1CCNCC1. The summed E-state index contributed by atoms with van der Waals surface area (Å²) in [6.45, 7) is 7.32. The van der Waals surface area contributed by atoms with Gasteiger partial charge in [-0.15, -0.1) is 0 Å². The summed E-state index contributed by atoms with van der Waals surface area (Å²) in [7, 11) is 0. The zero-order valence-corrected chi connectivity index (χ0v) is 11.2. The minimum absolute atomic E-state index is 0.198. The van der Waals surface area contributed by atoms with Crippen molar-refractivity contribution in [2.75, 3.05) is 19.9 Å². The summed E-state index contributed by atoms with van der Waals surface area (Å²) in [5.41, 5.74) is 1.56. The average Bonchev–Trinajstić information content (AvgIpc) is 2.87. The van der Waals surface area contributed by atoms with Crippen LogP contribution in [0, 0.1) is 5.92 Å². The van der Waals surface area contributed by atoms with Crippen molar-refractivity contribution in [3.05, 3.63) is 23.8 Å². The number of nitrogens with one attached hydrogen (secondary N) is 1. The van der Waals surface area contributed by atoms with Crippen LogP contribution in [0.5, 0.6) is 11.5 Å². The third kappa shape index (κ3) is 1.97. The van der Waals surface area contributed by atoms with E-state index in [1.807, 2.05) is 6.07 Å². The highest BCUT2D eigenvalue weighted by Gasteiger charge is 2.33. The van der Waals surface area contributed by atoms with Crippen molar-refractivity contribution in [2.45, 2.75) is 32.1 Å². The third-order valence-electron chi connectivity index (χ3n) is 4.48. The number of piperidine rings is 1. The third-order valence-corrected chi connectivity index (χ3v) is 4.48. The summed E-state index contributed by atoms with van der Waals surface area (Å²) in [4.78, 5) is 0. The van der Waals surface area contributed by atoms with E-state index in [2.05, 4.69) is 31.3 Å². The maximum Gasteiger partial charge on any atom is 0.231 e. The van der Waals surface area contributed by atoms with E-state index in [1.165, 1.54) is 18.4 Å². The Kier molecular flexibility index (Phi) is 2.94. The van der Waals surface area contributed by atoms with Crippen LogP contribution < -0.4 is 14.8 Å². The van der Waals surface area contributed by atoms with Gasteiger partial charge in [0.15, 0.2) is 11.5 Å². The lowest BCUT2D eigenvalue weighted by atomic mass is 9.69. The normalized spacial score (nSPS) is 20.1. The summed E-state index contributed by atoms with van der Waals surface area (Å²) in [5, 5.41) is 3.44. The molecule has 0 aliphatic carbocycles. The van der Waals surface area contributed by atoms with Crippen LogP contribution in [0.2, 0.25) is 0 Å². The fraction of sp³-hybridized carbons (Fsp3) is 0.600. The highest BCUT2D eigenvalue weighted by molar-refractivity contribution is 5.46. The van der Waals surface area contributed by atoms with Crippen LogP contribution in [0.4, 0.5) is 0 Å². The van der Waals surface area contributed by atoms with E-state index >= 15 is 0 Å². The second-order valence-corrected chi connectivity index (χ2v) is 5.81. The topological polar surface area (TPSA) is 30.5 Å². The van der Waals surface area contributed by atoms with Crippen molar-refractivity contribution in [1.29, 1.82) is 0 Å². The van der Waals surface area contributed by atoms with Gasteiger partial charge in [-0.3, -0.25) is 0 Å². The summed E-state index contributed by atoms with van der Waals surface area (Å²) in [5.74, 6) is 2.51. The molecule has 18 heavy (non-hydrogen) atoms. The fourth-order valence-electron chi connectivity index (χ4n) is 3.08. The Morgan fingerprint density at radius 3 is 2.61 bits per heavy atom. The van der Waals surface area contributed by atoms with Crippen LogP contribution >= 0.6 is 0 Å². The van der Waals surface area contributed by atoms with Gasteiger partial charge < -0.3 is 14.8 Å². The molecule has 0 saturated carbocycles. The van der Waals surface area contributed by atoms with Gasteiger partial charge in [0.2, 0.25) is 6.79 Å². The summed E-state index contributed by atoms with van der Waals surface area (Å²) in [6, 6.07) is 6.39. The quantitative estimate of drug-likeness (QED) is 0.871. The predicted octanol–water partition coefficient (Wildman–Crippen LogP) is 2.69. The molecule has 0 bridgehead atoms. The standard InChI is InChI=1S/C15H21NO2/c1-15(2,11-5-7-16-8-6-11)12-3-4-13-14(9-12)18-10-17-13/h3-4,9,11,16H,5-8,10H2,1-2H3. The van der Waals surface area contributed by atoms with E-state index in [4.69, 9.17) is 9.47 Å². The van der Waals surface area contributed by atoms with Crippen molar-refractivity contribution < 1.29 is 9.47 Å². The monoisotopic (exact) mass is 247 g/mol. The fourth-order valence-corrected chi connectivity index (χ4v) is 3.08. The molecule has 2 heterocycles. The van der Waals surface area contributed by atoms with Crippen LogP contribution in [-0.4, -0.2) is 19.9 Å². The van der Waals surface area contributed by atoms with Crippen molar-refractivity contribution >= 4 is 0 Å². The number of benzene rings is 1. The summed E-state index contributed by atoms with van der Waals surface area (Å²) < 4.78 is 10.9. The number of ether oxygens (including phenoxy) is 2. The molecule has 3 nitrogen and oxygen atoms in total. The zero-order chi connectivity index (χ0) is 12.6. The van der Waals surface area contributed by atoms with E-state index in [0.29, 0.717) is 6.79 Å². The van der Waals surface area contributed by atoms with Gasteiger partial charge in [0.05, 0.1) is 0 Å². The van der Waals surface area contributed by atoms with Gasteiger partial charge in [-0.1, -0.05) is 19.9 Å². The molecular weight excluding hydrogens is 226 g/mol. The molecule has 0 atom stereocenters. The molecule has 98 valence electrons. The zero-order valence-electron chi connectivity index (χ0n) is 11.2. The van der Waals surface area contributed by atoms with Crippen molar-refractivity contribution in [1.82, 2.24) is 5.32 Å². The molecule has 1 fully saturated rings. The first-order chi connectivity index (χ1) is 8.68. The van der Waals surface area contributed by atoms with Crippen molar-refractivity contribution in [3.8, 4) is 11.5 Å². The maximum atomic E-state index is 5.49. The Bertz CT molecular complexity index is 436. The van der Waals surface area contributed by atoms with E-state index in [1.54, 1.807) is 0 Å². The predicted molar refractivity (Wildman–Crippen MR) is 71.2 cm³/mol. The van der Waals surface area contributed by atoms with Crippen LogP contribution in [0.1, 0.15) is 32.3 Å². The minimum Gasteiger partial charge on any atom is -0.454 e. The Morgan fingerprint density at radius 1 is 1.11 bits per heavy atom. The second kappa shape index (κ2) is 4.47. The van der Waals surface area contributed by atoms with Crippen LogP contribution in [0.25, 0.3) is 0 Å². The van der Waals surface area contributed by atoms with Crippen LogP contribution in [0.3, 0.4) is 0 Å². The second-order valence-electron chi connectivity index (χ2n) is 5.81. The maximum absolute atomic E-state index is 5.49. The molecule has 2 aliphatic heterocycles. The van der Waals surface area contributed by atoms with Gasteiger partial charge in [-0.2, -0.15) is 0 Å². The van der Waals surface area contributed by atoms with E-state index in [0.717, 1.165) is 30.5 Å². The van der Waals surface area contributed by atoms with Crippen molar-refractivity contribution in [2.24, 2.45) is 5.92 Å². The Balaban J connectivity index is 1.87. The first-order valence-corrected chi connectivity index (χ1v) is 6.79. The highest BCUT2D eigenvalue weighted by atomic mass is 16.7. The van der Waals surface area contributed by atoms with Gasteiger partial charge in [0.1, 0.15) is 0 Å². The van der Waals surface area contributed by atoms with Gasteiger partial charge in [-0.05, 0) is 55.0 Å². The largest absolute Gasteiger partial charge is 0.454 e. The molecule has 0 amide bonds. The summed E-state index contributed by atoms with van der Waals surface area (Å²) >= 11 is 0. The highest BCUT2D eigenvalue weighted by Crippen LogP contribution is 2.41. The molecular formula is C15H21NO2. The lowest BCUT2D eigenvalue weighted by molar-refractivity contribution is 0.173. The minimum atomic E-state index is 0.198. The molecule has 3 rings (SSSR count). The van der Waals surface area contributed by atoms with Gasteiger partial charge in [0.25, 0.3) is 0 Å². The molecule has 1 N–H and O–H groups in total. The van der Waals surface area contributed by atoms with Crippen molar-refractivity contribution in [3.63, 3.8) is 0 Å². The van der Waals surface area contributed by atoms with Gasteiger partial charge in [-0.25, -0.2) is 0 Å². The Hall–Kier alpha value is -1.22. The first-order valence-electron chi connectivity index (χ1n) is 6.79.